The maximum absolute atomic E-state index is 11.4. The van der Waals surface area contributed by atoms with Crippen molar-refractivity contribution in [3.63, 3.8) is 0 Å². The molecule has 0 aromatic carbocycles. The first-order valence-electron chi connectivity index (χ1n) is 5.88. The van der Waals surface area contributed by atoms with Crippen LogP contribution >= 0.6 is 0 Å². The third-order valence-corrected chi connectivity index (χ3v) is 3.14. The Balaban J connectivity index is 2.44. The molecule has 1 rings (SSSR count). The van der Waals surface area contributed by atoms with Crippen molar-refractivity contribution in [2.45, 2.75) is 32.7 Å². The Labute approximate surface area is 92.4 Å². The highest BCUT2D eigenvalue weighted by Gasteiger charge is 2.27. The van der Waals surface area contributed by atoms with Crippen LogP contribution in [0.1, 0.15) is 26.7 Å². The molecular weight excluding hydrogens is 190 g/mol. The zero-order valence-corrected chi connectivity index (χ0v) is 9.91. The second-order valence-corrected chi connectivity index (χ2v) is 4.19. The summed E-state index contributed by atoms with van der Waals surface area (Å²) in [6, 6.07) is 0.411. The van der Waals surface area contributed by atoms with Crippen LogP contribution in [0.3, 0.4) is 0 Å². The van der Waals surface area contributed by atoms with E-state index >= 15 is 0 Å². The van der Waals surface area contributed by atoms with Gasteiger partial charge in [0.15, 0.2) is 0 Å². The minimum absolute atomic E-state index is 0.210. The molecule has 1 amide bonds. The summed E-state index contributed by atoms with van der Waals surface area (Å²) in [4.78, 5) is 15.7. The zero-order chi connectivity index (χ0) is 11.3. The van der Waals surface area contributed by atoms with Crippen molar-refractivity contribution in [1.82, 2.24) is 9.80 Å². The van der Waals surface area contributed by atoms with Gasteiger partial charge in [0.2, 0.25) is 5.91 Å². The molecule has 0 radical (unpaired) electrons. The summed E-state index contributed by atoms with van der Waals surface area (Å²) in [5.74, 6) is 0.210. The van der Waals surface area contributed by atoms with Crippen LogP contribution in [0.2, 0.25) is 0 Å². The van der Waals surface area contributed by atoms with Gasteiger partial charge in [0, 0.05) is 39.1 Å². The second-order valence-electron chi connectivity index (χ2n) is 4.19. The minimum Gasteiger partial charge on any atom is -0.339 e. The first-order valence-corrected chi connectivity index (χ1v) is 5.88. The Morgan fingerprint density at radius 2 is 2.33 bits per heavy atom. The quantitative estimate of drug-likeness (QED) is 0.713. The molecule has 1 aliphatic rings. The molecule has 4 nitrogen and oxygen atoms in total. The molecule has 0 bridgehead atoms. The van der Waals surface area contributed by atoms with Crippen LogP contribution in [0.15, 0.2) is 0 Å². The Kier molecular flexibility index (Phi) is 5.05. The third kappa shape index (κ3) is 3.47. The number of nitrogens with two attached hydrogens (primary N) is 1. The van der Waals surface area contributed by atoms with Gasteiger partial charge in [-0.1, -0.05) is 6.92 Å². The van der Waals surface area contributed by atoms with E-state index in [0.717, 1.165) is 39.0 Å². The van der Waals surface area contributed by atoms with E-state index < -0.39 is 0 Å². The van der Waals surface area contributed by atoms with E-state index in [-0.39, 0.29) is 5.91 Å². The summed E-state index contributed by atoms with van der Waals surface area (Å²) >= 11 is 0. The van der Waals surface area contributed by atoms with Gasteiger partial charge in [-0.15, -0.1) is 0 Å². The lowest BCUT2D eigenvalue weighted by atomic mass is 10.2. The number of likely N-dealkylation sites (tertiary alicyclic amines) is 1. The third-order valence-electron chi connectivity index (χ3n) is 3.14. The van der Waals surface area contributed by atoms with Crippen molar-refractivity contribution in [2.24, 2.45) is 5.73 Å². The summed E-state index contributed by atoms with van der Waals surface area (Å²) < 4.78 is 0. The highest BCUT2D eigenvalue weighted by atomic mass is 16.2. The summed E-state index contributed by atoms with van der Waals surface area (Å²) in [5, 5.41) is 0. The summed E-state index contributed by atoms with van der Waals surface area (Å²) in [6.45, 7) is 8.35. The second kappa shape index (κ2) is 6.08. The minimum atomic E-state index is 0.210. The maximum atomic E-state index is 11.4. The standard InChI is InChI=1S/C11H23N3O/c1-3-13(8-6-12)9-11-5-4-7-14(11)10(2)15/h11H,3-9,12H2,1-2H3/t11-/m0/s1. The van der Waals surface area contributed by atoms with Crippen molar-refractivity contribution in [1.29, 1.82) is 0 Å². The van der Waals surface area contributed by atoms with Crippen LogP contribution in [0.5, 0.6) is 0 Å². The number of amides is 1. The fourth-order valence-electron chi connectivity index (χ4n) is 2.30. The molecule has 1 aliphatic heterocycles. The average molecular weight is 213 g/mol. The van der Waals surface area contributed by atoms with Crippen LogP contribution in [0.4, 0.5) is 0 Å². The molecule has 1 fully saturated rings. The van der Waals surface area contributed by atoms with Crippen LogP contribution in [-0.2, 0) is 4.79 Å². The Hall–Kier alpha value is -0.610. The molecule has 0 unspecified atom stereocenters. The number of carbonyl (C=O) groups excluding carboxylic acids is 1. The van der Waals surface area contributed by atoms with Gasteiger partial charge in [0.05, 0.1) is 0 Å². The van der Waals surface area contributed by atoms with Gasteiger partial charge in [-0.2, -0.15) is 0 Å². The summed E-state index contributed by atoms with van der Waals surface area (Å²) in [5.41, 5.74) is 5.55. The molecule has 0 aromatic heterocycles. The van der Waals surface area contributed by atoms with Gasteiger partial charge in [-0.05, 0) is 19.4 Å². The van der Waals surface area contributed by atoms with Crippen molar-refractivity contribution in [3.8, 4) is 0 Å². The van der Waals surface area contributed by atoms with E-state index in [4.69, 9.17) is 5.73 Å². The lowest BCUT2D eigenvalue weighted by molar-refractivity contribution is -0.129. The fourth-order valence-corrected chi connectivity index (χ4v) is 2.30. The highest BCUT2D eigenvalue weighted by Crippen LogP contribution is 2.18. The van der Waals surface area contributed by atoms with E-state index in [1.165, 1.54) is 0 Å². The zero-order valence-electron chi connectivity index (χ0n) is 9.91. The molecule has 2 N–H and O–H groups in total. The molecule has 0 spiro atoms. The van der Waals surface area contributed by atoms with Crippen molar-refractivity contribution in [3.05, 3.63) is 0 Å². The smallest absolute Gasteiger partial charge is 0.219 e. The Morgan fingerprint density at radius 3 is 2.87 bits per heavy atom. The predicted molar refractivity (Wildman–Crippen MR) is 61.6 cm³/mol. The van der Waals surface area contributed by atoms with Crippen LogP contribution in [0.25, 0.3) is 0 Å². The highest BCUT2D eigenvalue weighted by molar-refractivity contribution is 5.73. The van der Waals surface area contributed by atoms with Crippen molar-refractivity contribution in [2.75, 3.05) is 32.7 Å². The molecule has 4 heteroatoms. The first kappa shape index (κ1) is 12.5. The SMILES string of the molecule is CCN(CCN)C[C@@H]1CCCN1C(C)=O. The topological polar surface area (TPSA) is 49.6 Å². The largest absolute Gasteiger partial charge is 0.339 e. The van der Waals surface area contributed by atoms with Crippen molar-refractivity contribution < 1.29 is 4.79 Å². The van der Waals surface area contributed by atoms with E-state index in [9.17, 15) is 4.79 Å². The van der Waals surface area contributed by atoms with Gasteiger partial charge >= 0.3 is 0 Å². The number of likely N-dealkylation sites (N-methyl/N-ethyl adjacent to an activating group) is 1. The molecule has 0 aliphatic carbocycles. The number of hydrogen-bond donors (Lipinski definition) is 1. The number of carbonyl (C=O) groups is 1. The van der Waals surface area contributed by atoms with Gasteiger partial charge in [0.25, 0.3) is 0 Å². The van der Waals surface area contributed by atoms with Crippen LogP contribution in [0, 0.1) is 0 Å². The molecule has 15 heavy (non-hydrogen) atoms. The van der Waals surface area contributed by atoms with E-state index in [0.29, 0.717) is 12.6 Å². The maximum Gasteiger partial charge on any atom is 0.219 e. The monoisotopic (exact) mass is 213 g/mol. The predicted octanol–water partition coefficient (Wildman–Crippen LogP) is 0.278. The van der Waals surface area contributed by atoms with Crippen molar-refractivity contribution >= 4 is 5.91 Å². The van der Waals surface area contributed by atoms with Gasteiger partial charge < -0.3 is 15.5 Å². The molecule has 1 atom stereocenters. The normalized spacial score (nSPS) is 21.3. The number of nitrogens with zero attached hydrogens (tertiary/aromatic N) is 2. The van der Waals surface area contributed by atoms with E-state index in [1.807, 2.05) is 4.90 Å². The summed E-state index contributed by atoms with van der Waals surface area (Å²) in [7, 11) is 0. The number of rotatable bonds is 5. The van der Waals surface area contributed by atoms with Crippen LogP contribution in [-0.4, -0.2) is 54.5 Å². The van der Waals surface area contributed by atoms with Gasteiger partial charge in [0.1, 0.15) is 0 Å². The lowest BCUT2D eigenvalue weighted by Gasteiger charge is -2.29. The van der Waals surface area contributed by atoms with E-state index in [2.05, 4.69) is 11.8 Å². The number of hydrogen-bond acceptors (Lipinski definition) is 3. The molecule has 1 heterocycles. The van der Waals surface area contributed by atoms with Gasteiger partial charge in [-0.3, -0.25) is 4.79 Å². The molecule has 88 valence electrons. The fraction of sp³-hybridized carbons (Fsp3) is 0.909. The summed E-state index contributed by atoms with van der Waals surface area (Å²) in [6.07, 6.45) is 2.28. The molecule has 1 saturated heterocycles. The van der Waals surface area contributed by atoms with E-state index in [1.54, 1.807) is 6.92 Å². The molecule has 0 aromatic rings. The first-order chi connectivity index (χ1) is 7.19. The average Bonchev–Trinajstić information content (AvgIpc) is 2.65. The Bertz CT molecular complexity index is 208. The lowest BCUT2D eigenvalue weighted by Crippen LogP contribution is -2.43. The molecular formula is C11H23N3O. The molecule has 0 saturated carbocycles. The van der Waals surface area contributed by atoms with Gasteiger partial charge in [-0.25, -0.2) is 0 Å². The van der Waals surface area contributed by atoms with Crippen LogP contribution < -0.4 is 5.73 Å². The Morgan fingerprint density at radius 1 is 1.60 bits per heavy atom.